The summed E-state index contributed by atoms with van der Waals surface area (Å²) in [6.07, 6.45) is 1.86. The molecular weight excluding hydrogens is 258 g/mol. The summed E-state index contributed by atoms with van der Waals surface area (Å²) >= 11 is 0. The molecule has 1 amide bonds. The van der Waals surface area contributed by atoms with E-state index in [0.29, 0.717) is 0 Å². The van der Waals surface area contributed by atoms with Crippen LogP contribution in [0.25, 0.3) is 0 Å². The molecule has 0 heterocycles. The van der Waals surface area contributed by atoms with E-state index in [2.05, 4.69) is 30.3 Å². The minimum absolute atomic E-state index is 0.142. The number of aryl methyl sites for hydroxylation is 2. The van der Waals surface area contributed by atoms with Crippen molar-refractivity contribution in [2.75, 3.05) is 13.1 Å². The summed E-state index contributed by atoms with van der Waals surface area (Å²) in [6, 6.07) is 18.4. The van der Waals surface area contributed by atoms with Gasteiger partial charge in [0.2, 0.25) is 0 Å². The van der Waals surface area contributed by atoms with Gasteiger partial charge in [0, 0.05) is 18.7 Å². The van der Waals surface area contributed by atoms with Gasteiger partial charge in [-0.1, -0.05) is 48.5 Å². The highest BCUT2D eigenvalue weighted by atomic mass is 16.2. The predicted octanol–water partition coefficient (Wildman–Crippen LogP) is 3.95. The van der Waals surface area contributed by atoms with E-state index in [0.717, 1.165) is 37.1 Å². The van der Waals surface area contributed by atoms with E-state index in [1.807, 2.05) is 43.0 Å². The topological polar surface area (TPSA) is 20.3 Å². The Bertz CT molecular complexity index is 573. The molecule has 0 aliphatic rings. The van der Waals surface area contributed by atoms with E-state index < -0.39 is 0 Å². The smallest absolute Gasteiger partial charge is 0.254 e. The third kappa shape index (κ3) is 3.94. The van der Waals surface area contributed by atoms with E-state index >= 15 is 0 Å². The molecule has 0 fully saturated rings. The van der Waals surface area contributed by atoms with E-state index in [4.69, 9.17) is 0 Å². The molecule has 2 rings (SSSR count). The fourth-order valence-electron chi connectivity index (χ4n) is 2.55. The Labute approximate surface area is 127 Å². The fourth-order valence-corrected chi connectivity index (χ4v) is 2.55. The molecule has 0 atom stereocenters. The van der Waals surface area contributed by atoms with Crippen LogP contribution in [0, 0.1) is 0 Å². The standard InChI is InChI=1S/C19H23NO/c1-3-20(4-2)19(21)18-13-9-8-12-17(18)15-14-16-10-6-5-7-11-16/h5-13H,3-4,14-15H2,1-2H3. The van der Waals surface area contributed by atoms with Gasteiger partial charge in [0.15, 0.2) is 0 Å². The second kappa shape index (κ2) is 7.63. The number of hydrogen-bond acceptors (Lipinski definition) is 1. The molecule has 2 aromatic carbocycles. The van der Waals surface area contributed by atoms with Crippen molar-refractivity contribution in [1.29, 1.82) is 0 Å². The van der Waals surface area contributed by atoms with E-state index in [9.17, 15) is 4.79 Å². The maximum Gasteiger partial charge on any atom is 0.254 e. The van der Waals surface area contributed by atoms with Crippen LogP contribution in [0.15, 0.2) is 54.6 Å². The van der Waals surface area contributed by atoms with Gasteiger partial charge in [-0.3, -0.25) is 4.79 Å². The number of hydrogen-bond donors (Lipinski definition) is 0. The van der Waals surface area contributed by atoms with E-state index in [1.165, 1.54) is 5.56 Å². The SMILES string of the molecule is CCN(CC)C(=O)c1ccccc1CCc1ccccc1. The van der Waals surface area contributed by atoms with Gasteiger partial charge < -0.3 is 4.90 Å². The molecule has 0 spiro atoms. The van der Waals surface area contributed by atoms with Crippen molar-refractivity contribution in [3.63, 3.8) is 0 Å². The summed E-state index contributed by atoms with van der Waals surface area (Å²) in [5, 5.41) is 0. The maximum absolute atomic E-state index is 12.6. The second-order valence-electron chi connectivity index (χ2n) is 5.12. The lowest BCUT2D eigenvalue weighted by atomic mass is 9.99. The number of benzene rings is 2. The first-order chi connectivity index (χ1) is 10.3. The lowest BCUT2D eigenvalue weighted by Crippen LogP contribution is -2.31. The Morgan fingerprint density at radius 2 is 1.48 bits per heavy atom. The monoisotopic (exact) mass is 281 g/mol. The summed E-state index contributed by atoms with van der Waals surface area (Å²) < 4.78 is 0. The Morgan fingerprint density at radius 1 is 0.857 bits per heavy atom. The van der Waals surface area contributed by atoms with Crippen molar-refractivity contribution in [3.8, 4) is 0 Å². The van der Waals surface area contributed by atoms with Crippen LogP contribution in [0.5, 0.6) is 0 Å². The molecule has 2 nitrogen and oxygen atoms in total. The summed E-state index contributed by atoms with van der Waals surface area (Å²) in [5.74, 6) is 0.142. The fraction of sp³-hybridized carbons (Fsp3) is 0.316. The zero-order valence-corrected chi connectivity index (χ0v) is 12.9. The molecule has 2 aromatic rings. The van der Waals surface area contributed by atoms with Crippen molar-refractivity contribution in [2.24, 2.45) is 0 Å². The largest absolute Gasteiger partial charge is 0.339 e. The van der Waals surface area contributed by atoms with Crippen LogP contribution >= 0.6 is 0 Å². The molecule has 0 unspecified atom stereocenters. The van der Waals surface area contributed by atoms with Crippen molar-refractivity contribution in [3.05, 3.63) is 71.3 Å². The van der Waals surface area contributed by atoms with Gasteiger partial charge in [0.05, 0.1) is 0 Å². The van der Waals surface area contributed by atoms with Crippen LogP contribution in [-0.4, -0.2) is 23.9 Å². The number of rotatable bonds is 6. The van der Waals surface area contributed by atoms with Gasteiger partial charge in [-0.15, -0.1) is 0 Å². The highest BCUT2D eigenvalue weighted by molar-refractivity contribution is 5.95. The highest BCUT2D eigenvalue weighted by Crippen LogP contribution is 2.15. The molecule has 0 bridgehead atoms. The van der Waals surface area contributed by atoms with Crippen molar-refractivity contribution in [2.45, 2.75) is 26.7 Å². The van der Waals surface area contributed by atoms with Gasteiger partial charge in [-0.25, -0.2) is 0 Å². The molecule has 0 aliphatic carbocycles. The molecule has 0 N–H and O–H groups in total. The molecule has 21 heavy (non-hydrogen) atoms. The Morgan fingerprint density at radius 3 is 2.14 bits per heavy atom. The summed E-state index contributed by atoms with van der Waals surface area (Å²) in [5.41, 5.74) is 3.29. The number of carbonyl (C=O) groups excluding carboxylic acids is 1. The summed E-state index contributed by atoms with van der Waals surface area (Å²) in [7, 11) is 0. The molecule has 0 saturated heterocycles. The summed E-state index contributed by atoms with van der Waals surface area (Å²) in [6.45, 7) is 5.55. The van der Waals surface area contributed by atoms with E-state index in [1.54, 1.807) is 0 Å². The molecule has 0 aromatic heterocycles. The van der Waals surface area contributed by atoms with Crippen molar-refractivity contribution >= 4 is 5.91 Å². The average Bonchev–Trinajstić information content (AvgIpc) is 2.55. The highest BCUT2D eigenvalue weighted by Gasteiger charge is 2.15. The van der Waals surface area contributed by atoms with Crippen LogP contribution in [0.4, 0.5) is 0 Å². The zero-order chi connectivity index (χ0) is 15.1. The van der Waals surface area contributed by atoms with Crippen molar-refractivity contribution < 1.29 is 4.79 Å². The molecular formula is C19H23NO. The third-order valence-corrected chi connectivity index (χ3v) is 3.82. The Balaban J connectivity index is 2.15. The van der Waals surface area contributed by atoms with Gasteiger partial charge in [-0.05, 0) is 43.9 Å². The van der Waals surface area contributed by atoms with Gasteiger partial charge >= 0.3 is 0 Å². The van der Waals surface area contributed by atoms with Crippen molar-refractivity contribution in [1.82, 2.24) is 4.90 Å². The average molecular weight is 281 g/mol. The number of carbonyl (C=O) groups is 1. The minimum atomic E-state index is 0.142. The Kier molecular flexibility index (Phi) is 5.56. The van der Waals surface area contributed by atoms with Gasteiger partial charge in [-0.2, -0.15) is 0 Å². The van der Waals surface area contributed by atoms with Crippen LogP contribution in [0.1, 0.15) is 35.3 Å². The first-order valence-electron chi connectivity index (χ1n) is 7.67. The molecule has 0 saturated carbocycles. The van der Waals surface area contributed by atoms with Crippen LogP contribution in [-0.2, 0) is 12.8 Å². The lowest BCUT2D eigenvalue weighted by molar-refractivity contribution is 0.0772. The van der Waals surface area contributed by atoms with Gasteiger partial charge in [0.1, 0.15) is 0 Å². The number of amides is 1. The molecule has 2 heteroatoms. The normalized spacial score (nSPS) is 10.4. The number of nitrogens with zero attached hydrogens (tertiary/aromatic N) is 1. The van der Waals surface area contributed by atoms with E-state index in [-0.39, 0.29) is 5.91 Å². The molecule has 0 aliphatic heterocycles. The molecule has 110 valence electrons. The lowest BCUT2D eigenvalue weighted by Gasteiger charge is -2.20. The van der Waals surface area contributed by atoms with Crippen LogP contribution in [0.3, 0.4) is 0 Å². The first kappa shape index (κ1) is 15.3. The van der Waals surface area contributed by atoms with Crippen LogP contribution in [0.2, 0.25) is 0 Å². The van der Waals surface area contributed by atoms with Crippen LogP contribution < -0.4 is 0 Å². The first-order valence-corrected chi connectivity index (χ1v) is 7.67. The maximum atomic E-state index is 12.6. The zero-order valence-electron chi connectivity index (χ0n) is 12.9. The quantitative estimate of drug-likeness (QED) is 0.785. The second-order valence-corrected chi connectivity index (χ2v) is 5.12. The van der Waals surface area contributed by atoms with Gasteiger partial charge in [0.25, 0.3) is 5.91 Å². The molecule has 0 radical (unpaired) electrons. The Hall–Kier alpha value is -2.09. The minimum Gasteiger partial charge on any atom is -0.339 e. The third-order valence-electron chi connectivity index (χ3n) is 3.82. The summed E-state index contributed by atoms with van der Waals surface area (Å²) in [4.78, 5) is 14.4. The predicted molar refractivity (Wildman–Crippen MR) is 87.5 cm³/mol.